The molecule has 1 saturated carbocycles. The molecule has 1 N–H and O–H groups in total. The molecular formula is C22H24F3N7O3. The predicted molar refractivity (Wildman–Crippen MR) is 116 cm³/mol. The van der Waals surface area contributed by atoms with E-state index in [0.717, 1.165) is 6.20 Å². The highest BCUT2D eigenvalue weighted by atomic mass is 19.3. The van der Waals surface area contributed by atoms with Gasteiger partial charge in [-0.2, -0.15) is 0 Å². The van der Waals surface area contributed by atoms with E-state index in [4.69, 9.17) is 0 Å². The summed E-state index contributed by atoms with van der Waals surface area (Å²) in [6.45, 7) is 0.701. The van der Waals surface area contributed by atoms with Gasteiger partial charge in [-0.05, 0) is 12.8 Å². The second-order valence-electron chi connectivity index (χ2n) is 9.15. The smallest absolute Gasteiger partial charge is 0.294 e. The second kappa shape index (κ2) is 8.93. The minimum Gasteiger partial charge on any atom is -0.380 e. The number of hydrogen-bond donors (Lipinski definition) is 1. The Kier molecular flexibility index (Phi) is 5.93. The molecule has 1 aromatic rings. The minimum absolute atomic E-state index is 0.0112. The molecule has 3 aliphatic heterocycles. The summed E-state index contributed by atoms with van der Waals surface area (Å²) in [6, 6.07) is -0.717. The zero-order chi connectivity index (χ0) is 24.7. The van der Waals surface area contributed by atoms with E-state index in [2.05, 4.69) is 20.6 Å². The summed E-state index contributed by atoms with van der Waals surface area (Å²) >= 11 is 0. The van der Waals surface area contributed by atoms with Crippen LogP contribution >= 0.6 is 0 Å². The molecule has 2 unspecified atom stereocenters. The molecule has 1 aliphatic carbocycles. The molecule has 2 atom stereocenters. The van der Waals surface area contributed by atoms with Crippen molar-refractivity contribution in [2.45, 2.75) is 37.6 Å². The van der Waals surface area contributed by atoms with E-state index in [-0.39, 0.29) is 63.3 Å². The average Bonchev–Trinajstić information content (AvgIpc) is 3.54. The number of nitrogens with zero attached hydrogens (tertiary/aromatic N) is 6. The Bertz CT molecular complexity index is 1110. The number of aromatic nitrogens is 3. The van der Waals surface area contributed by atoms with Crippen LogP contribution in [0.4, 0.5) is 13.2 Å². The van der Waals surface area contributed by atoms with Crippen molar-refractivity contribution in [3.8, 4) is 0 Å². The van der Waals surface area contributed by atoms with Crippen LogP contribution < -0.4 is 5.32 Å². The molecule has 0 bridgehead atoms. The maximum Gasteiger partial charge on any atom is 0.294 e. The highest BCUT2D eigenvalue weighted by molar-refractivity contribution is 6.43. The van der Waals surface area contributed by atoms with Gasteiger partial charge in [0.05, 0.1) is 30.6 Å². The van der Waals surface area contributed by atoms with Crippen LogP contribution in [0.3, 0.4) is 0 Å². The van der Waals surface area contributed by atoms with Crippen molar-refractivity contribution in [3.63, 3.8) is 0 Å². The lowest BCUT2D eigenvalue weighted by molar-refractivity contribution is -0.148. The first-order valence-corrected chi connectivity index (χ1v) is 11.5. The highest BCUT2D eigenvalue weighted by Gasteiger charge is 2.45. The molecule has 10 nitrogen and oxygen atoms in total. The first kappa shape index (κ1) is 23.2. The molecule has 13 heteroatoms. The van der Waals surface area contributed by atoms with Crippen molar-refractivity contribution in [3.05, 3.63) is 36.2 Å². The van der Waals surface area contributed by atoms with E-state index in [1.54, 1.807) is 11.1 Å². The SMILES string of the molecule is O=C(C(=O)N1CCN(C(=O)C2CCC(F)(F)CC2)CC1)C1=CNC2C(n3ccnn3)=NC=C(F)C12. The lowest BCUT2D eigenvalue weighted by Gasteiger charge is -2.37. The third-order valence-electron chi connectivity index (χ3n) is 7.04. The largest absolute Gasteiger partial charge is 0.380 e. The Labute approximate surface area is 198 Å². The third-order valence-corrected chi connectivity index (χ3v) is 7.04. The fourth-order valence-electron chi connectivity index (χ4n) is 5.05. The van der Waals surface area contributed by atoms with Gasteiger partial charge in [-0.3, -0.25) is 14.4 Å². The van der Waals surface area contributed by atoms with E-state index in [9.17, 15) is 27.6 Å². The number of halogens is 3. The Hall–Kier alpha value is -3.51. The van der Waals surface area contributed by atoms with Crippen LogP contribution in [0.5, 0.6) is 0 Å². The van der Waals surface area contributed by atoms with Gasteiger partial charge in [0.1, 0.15) is 5.83 Å². The lowest BCUT2D eigenvalue weighted by Crippen LogP contribution is -2.54. The average molecular weight is 491 g/mol. The number of carbonyl (C=O) groups is 3. The zero-order valence-electron chi connectivity index (χ0n) is 18.7. The highest BCUT2D eigenvalue weighted by Crippen LogP contribution is 2.37. The first-order valence-electron chi connectivity index (χ1n) is 11.5. The molecule has 4 heterocycles. The molecular weight excluding hydrogens is 467 g/mol. The number of ketones is 1. The van der Waals surface area contributed by atoms with Crippen LogP contribution in [0.1, 0.15) is 25.7 Å². The number of Topliss-reactive ketones (excluding diaryl/α,β-unsaturated/α-hetero) is 1. The van der Waals surface area contributed by atoms with Gasteiger partial charge in [-0.15, -0.1) is 5.10 Å². The molecule has 186 valence electrons. The molecule has 2 amide bonds. The fraction of sp³-hybridized carbons (Fsp3) is 0.545. The summed E-state index contributed by atoms with van der Waals surface area (Å²) in [6.07, 6.45) is 5.02. The second-order valence-corrected chi connectivity index (χ2v) is 9.15. The Morgan fingerprint density at radius 2 is 1.74 bits per heavy atom. The van der Waals surface area contributed by atoms with Gasteiger partial charge in [0.25, 0.3) is 5.91 Å². The number of rotatable bonds is 3. The van der Waals surface area contributed by atoms with Crippen LogP contribution in [-0.2, 0) is 14.4 Å². The molecule has 1 aromatic heterocycles. The number of amides is 2. The van der Waals surface area contributed by atoms with Crippen molar-refractivity contribution in [2.75, 3.05) is 26.2 Å². The Morgan fingerprint density at radius 1 is 1.06 bits per heavy atom. The maximum atomic E-state index is 14.7. The van der Waals surface area contributed by atoms with Gasteiger partial charge in [0.2, 0.25) is 17.6 Å². The number of fused-ring (bicyclic) bond motifs is 1. The minimum atomic E-state index is -2.71. The summed E-state index contributed by atoms with van der Waals surface area (Å²) in [5.74, 6) is -6.26. The number of carbonyl (C=O) groups excluding carboxylic acids is 3. The molecule has 5 rings (SSSR count). The van der Waals surface area contributed by atoms with Gasteiger partial charge < -0.3 is 15.1 Å². The molecule has 0 radical (unpaired) electrons. The number of aliphatic imine (C=N–C) groups is 1. The topological polar surface area (TPSA) is 113 Å². The quantitative estimate of drug-likeness (QED) is 0.629. The van der Waals surface area contributed by atoms with Crippen LogP contribution in [0, 0.1) is 11.8 Å². The molecule has 4 aliphatic rings. The molecule has 0 spiro atoms. The van der Waals surface area contributed by atoms with E-state index >= 15 is 0 Å². The van der Waals surface area contributed by atoms with Gasteiger partial charge >= 0.3 is 0 Å². The maximum absolute atomic E-state index is 14.7. The lowest BCUT2D eigenvalue weighted by atomic mass is 9.85. The standard InChI is InChI=1S/C22H24F3N7O3/c23-15-12-27-19(32-6-5-28-29-32)17-16(15)14(11-26-17)18(33)21(35)31-9-7-30(8-10-31)20(34)13-1-3-22(24,25)4-2-13/h5-6,11-13,16-17,26H,1-4,7-10H2. The van der Waals surface area contributed by atoms with Crippen LogP contribution in [-0.4, -0.2) is 86.4 Å². The predicted octanol–water partition coefficient (Wildman–Crippen LogP) is 0.886. The van der Waals surface area contributed by atoms with Gasteiger partial charge in [0.15, 0.2) is 5.84 Å². The Morgan fingerprint density at radius 3 is 2.40 bits per heavy atom. The number of alkyl halides is 2. The molecule has 0 aromatic carbocycles. The van der Waals surface area contributed by atoms with E-state index in [1.807, 2.05) is 0 Å². The van der Waals surface area contributed by atoms with Crippen molar-refractivity contribution in [1.29, 1.82) is 0 Å². The van der Waals surface area contributed by atoms with E-state index in [0.29, 0.717) is 5.84 Å². The summed E-state index contributed by atoms with van der Waals surface area (Å²) in [5.41, 5.74) is -0.0112. The summed E-state index contributed by atoms with van der Waals surface area (Å²) in [5, 5.41) is 10.5. The van der Waals surface area contributed by atoms with Crippen LogP contribution in [0.15, 0.2) is 41.2 Å². The van der Waals surface area contributed by atoms with Crippen LogP contribution in [0.25, 0.3) is 0 Å². The number of piperazine rings is 1. The van der Waals surface area contributed by atoms with Gasteiger partial charge in [-0.25, -0.2) is 22.8 Å². The number of hydrogen-bond acceptors (Lipinski definition) is 7. The molecule has 35 heavy (non-hydrogen) atoms. The van der Waals surface area contributed by atoms with E-state index in [1.165, 1.54) is 22.0 Å². The monoisotopic (exact) mass is 491 g/mol. The third kappa shape index (κ3) is 4.34. The fourth-order valence-corrected chi connectivity index (χ4v) is 5.05. The van der Waals surface area contributed by atoms with Crippen molar-refractivity contribution < 1.29 is 27.6 Å². The Balaban J connectivity index is 1.19. The van der Waals surface area contributed by atoms with Crippen molar-refractivity contribution in [1.82, 2.24) is 30.1 Å². The van der Waals surface area contributed by atoms with Crippen molar-refractivity contribution >= 4 is 23.4 Å². The summed E-state index contributed by atoms with van der Waals surface area (Å²) in [7, 11) is 0. The van der Waals surface area contributed by atoms with Crippen LogP contribution in [0.2, 0.25) is 0 Å². The van der Waals surface area contributed by atoms with Gasteiger partial charge in [0, 0.05) is 56.7 Å². The van der Waals surface area contributed by atoms with Gasteiger partial charge in [-0.1, -0.05) is 5.21 Å². The molecule has 2 fully saturated rings. The zero-order valence-corrected chi connectivity index (χ0v) is 18.7. The molecule has 1 saturated heterocycles. The van der Waals surface area contributed by atoms with E-state index < -0.39 is 41.3 Å². The summed E-state index contributed by atoms with van der Waals surface area (Å²) in [4.78, 5) is 45.7. The normalized spacial score (nSPS) is 26.3. The number of nitrogens with one attached hydrogen (secondary N) is 1. The first-order chi connectivity index (χ1) is 16.7. The van der Waals surface area contributed by atoms with Crippen molar-refractivity contribution in [2.24, 2.45) is 16.8 Å². The summed E-state index contributed by atoms with van der Waals surface area (Å²) < 4.78 is 42.9.